The molecule has 148 valence electrons. The first-order chi connectivity index (χ1) is 11.4. The van der Waals surface area contributed by atoms with Crippen molar-refractivity contribution in [3.8, 4) is 0 Å². The number of nitrogens with zero attached hydrogens (tertiary/aromatic N) is 1. The minimum absolute atomic E-state index is 0. The Kier molecular flexibility index (Phi) is 8.89. The van der Waals surface area contributed by atoms with Crippen LogP contribution in [-0.2, 0) is 15.8 Å². The highest BCUT2D eigenvalue weighted by Crippen LogP contribution is 2.36. The monoisotopic (exact) mass is 415 g/mol. The van der Waals surface area contributed by atoms with Crippen LogP contribution in [-0.4, -0.2) is 35.8 Å². The molecule has 5 nitrogen and oxygen atoms in total. The Bertz CT molecular complexity index is 652. The maximum atomic E-state index is 12.8. The van der Waals surface area contributed by atoms with Crippen molar-refractivity contribution in [1.29, 1.82) is 0 Å². The van der Waals surface area contributed by atoms with Gasteiger partial charge in [0.1, 0.15) is 0 Å². The highest BCUT2D eigenvalue weighted by atomic mass is 35.5. The van der Waals surface area contributed by atoms with Crippen LogP contribution in [0.4, 0.5) is 18.9 Å². The van der Waals surface area contributed by atoms with Gasteiger partial charge in [-0.05, 0) is 31.5 Å². The van der Waals surface area contributed by atoms with Crippen molar-refractivity contribution in [2.24, 2.45) is 5.73 Å². The van der Waals surface area contributed by atoms with Crippen LogP contribution in [0.1, 0.15) is 32.3 Å². The average Bonchev–Trinajstić information content (AvgIpc) is 2.47. The number of amides is 2. The average molecular weight is 416 g/mol. The molecule has 1 aromatic carbocycles. The summed E-state index contributed by atoms with van der Waals surface area (Å²) in [7, 11) is 1.41. The lowest BCUT2D eigenvalue weighted by molar-refractivity contribution is -0.138. The van der Waals surface area contributed by atoms with Gasteiger partial charge in [-0.15, -0.1) is 12.4 Å². The van der Waals surface area contributed by atoms with E-state index in [4.69, 9.17) is 17.3 Å². The van der Waals surface area contributed by atoms with E-state index < -0.39 is 34.1 Å². The Morgan fingerprint density at radius 3 is 2.38 bits per heavy atom. The molecule has 0 aliphatic heterocycles. The molecule has 0 fully saturated rings. The van der Waals surface area contributed by atoms with E-state index in [0.29, 0.717) is 12.8 Å². The van der Waals surface area contributed by atoms with Crippen molar-refractivity contribution in [1.82, 2.24) is 4.90 Å². The van der Waals surface area contributed by atoms with Gasteiger partial charge in [-0.1, -0.05) is 24.9 Å². The van der Waals surface area contributed by atoms with Gasteiger partial charge in [-0.2, -0.15) is 13.2 Å². The van der Waals surface area contributed by atoms with Crippen molar-refractivity contribution >= 4 is 41.5 Å². The Morgan fingerprint density at radius 1 is 1.31 bits per heavy atom. The van der Waals surface area contributed by atoms with Crippen LogP contribution in [0.2, 0.25) is 5.02 Å². The molecule has 0 spiro atoms. The van der Waals surface area contributed by atoms with Gasteiger partial charge in [0.2, 0.25) is 11.8 Å². The Hall–Kier alpha value is -1.51. The van der Waals surface area contributed by atoms with Crippen molar-refractivity contribution in [2.75, 3.05) is 18.9 Å². The molecule has 0 saturated heterocycles. The third-order valence-corrected chi connectivity index (χ3v) is 3.87. The number of nitrogens with one attached hydrogen (secondary N) is 1. The molecule has 1 aromatic rings. The maximum Gasteiger partial charge on any atom is 0.417 e. The van der Waals surface area contributed by atoms with Crippen LogP contribution in [0.25, 0.3) is 0 Å². The van der Waals surface area contributed by atoms with Crippen LogP contribution >= 0.6 is 24.0 Å². The number of benzene rings is 1. The Balaban J connectivity index is 0.00000625. The highest BCUT2D eigenvalue weighted by Gasteiger charge is 2.34. The molecule has 1 atom stereocenters. The number of likely N-dealkylation sites (N-methyl/N-ethyl adjacent to an activating group) is 1. The molecule has 3 N–H and O–H groups in total. The number of halogens is 5. The van der Waals surface area contributed by atoms with Gasteiger partial charge in [0.15, 0.2) is 0 Å². The number of hydrogen-bond donors (Lipinski definition) is 2. The normalized spacial score (nSPS) is 13.4. The summed E-state index contributed by atoms with van der Waals surface area (Å²) in [5, 5.41) is 1.86. The second-order valence-corrected chi connectivity index (χ2v) is 6.48. The zero-order chi connectivity index (χ0) is 19.4. The summed E-state index contributed by atoms with van der Waals surface area (Å²) >= 11 is 5.52. The molecule has 1 rings (SSSR count). The van der Waals surface area contributed by atoms with Crippen LogP contribution in [0.3, 0.4) is 0 Å². The van der Waals surface area contributed by atoms with Crippen LogP contribution in [0.5, 0.6) is 0 Å². The minimum atomic E-state index is -4.63. The van der Waals surface area contributed by atoms with E-state index in [1.54, 1.807) is 6.92 Å². The van der Waals surface area contributed by atoms with Crippen molar-refractivity contribution in [3.05, 3.63) is 28.8 Å². The van der Waals surface area contributed by atoms with Crippen LogP contribution in [0, 0.1) is 0 Å². The number of rotatable bonds is 6. The second-order valence-electron chi connectivity index (χ2n) is 6.07. The smallest absolute Gasteiger partial charge is 0.335 e. The molecule has 0 heterocycles. The van der Waals surface area contributed by atoms with Crippen LogP contribution in [0.15, 0.2) is 18.2 Å². The number of anilines is 1. The topological polar surface area (TPSA) is 75.4 Å². The van der Waals surface area contributed by atoms with E-state index in [9.17, 15) is 22.8 Å². The summed E-state index contributed by atoms with van der Waals surface area (Å²) in [6.45, 7) is 3.12. The number of alkyl halides is 3. The van der Waals surface area contributed by atoms with Gasteiger partial charge in [-0.25, -0.2) is 0 Å². The highest BCUT2D eigenvalue weighted by molar-refractivity contribution is 6.31. The first-order valence-corrected chi connectivity index (χ1v) is 7.97. The van der Waals surface area contributed by atoms with Crippen LogP contribution < -0.4 is 11.1 Å². The quantitative estimate of drug-likeness (QED) is 0.743. The Morgan fingerprint density at radius 2 is 1.88 bits per heavy atom. The van der Waals surface area contributed by atoms with Crippen molar-refractivity contribution < 1.29 is 22.8 Å². The second kappa shape index (κ2) is 9.43. The summed E-state index contributed by atoms with van der Waals surface area (Å²) in [5.41, 5.74) is 3.71. The summed E-state index contributed by atoms with van der Waals surface area (Å²) in [6.07, 6.45) is -3.49. The third kappa shape index (κ3) is 6.66. The van der Waals surface area contributed by atoms with Gasteiger partial charge in [0.05, 0.1) is 22.7 Å². The number of hydrogen-bond acceptors (Lipinski definition) is 3. The summed E-state index contributed by atoms with van der Waals surface area (Å²) in [5.74, 6) is -1.06. The molecule has 2 amide bonds. The largest absolute Gasteiger partial charge is 0.417 e. The molecule has 0 aromatic heterocycles. The maximum absolute atomic E-state index is 12.8. The van der Waals surface area contributed by atoms with E-state index in [2.05, 4.69) is 5.32 Å². The zero-order valence-electron chi connectivity index (χ0n) is 14.6. The molecule has 0 saturated carbocycles. The number of carbonyl (C=O) groups excluding carboxylic acids is 2. The molecule has 0 radical (unpaired) electrons. The van der Waals surface area contributed by atoms with E-state index >= 15 is 0 Å². The molecular weight excluding hydrogens is 394 g/mol. The van der Waals surface area contributed by atoms with E-state index in [1.165, 1.54) is 13.1 Å². The van der Waals surface area contributed by atoms with Gasteiger partial charge in [-0.3, -0.25) is 9.59 Å². The third-order valence-electron chi connectivity index (χ3n) is 3.54. The molecule has 0 bridgehead atoms. The van der Waals surface area contributed by atoms with E-state index in [-0.39, 0.29) is 24.6 Å². The minimum Gasteiger partial charge on any atom is -0.335 e. The first-order valence-electron chi connectivity index (χ1n) is 7.59. The zero-order valence-corrected chi connectivity index (χ0v) is 16.2. The molecule has 0 aliphatic rings. The SMILES string of the molecule is CCCC(C)(N)C(=O)N(C)CC(=O)Nc1ccc(Cl)c(C(F)(F)F)c1.Cl. The molecule has 1 unspecified atom stereocenters. The van der Waals surface area contributed by atoms with Crippen molar-refractivity contribution in [3.63, 3.8) is 0 Å². The lowest BCUT2D eigenvalue weighted by atomic mass is 9.96. The molecule has 0 aliphatic carbocycles. The Labute approximate surface area is 161 Å². The van der Waals surface area contributed by atoms with Gasteiger partial charge in [0.25, 0.3) is 0 Å². The van der Waals surface area contributed by atoms with Crippen molar-refractivity contribution in [2.45, 2.75) is 38.4 Å². The van der Waals surface area contributed by atoms with Gasteiger partial charge in [0, 0.05) is 12.7 Å². The summed E-state index contributed by atoms with van der Waals surface area (Å²) < 4.78 is 38.5. The predicted molar refractivity (Wildman–Crippen MR) is 97.5 cm³/mol. The summed E-state index contributed by atoms with van der Waals surface area (Å²) in [6, 6.07) is 3.04. The summed E-state index contributed by atoms with van der Waals surface area (Å²) in [4.78, 5) is 25.4. The molecule has 10 heteroatoms. The molecule has 26 heavy (non-hydrogen) atoms. The predicted octanol–water partition coefficient (Wildman–Crippen LogP) is 3.70. The van der Waals surface area contributed by atoms with Gasteiger partial charge < -0.3 is 16.0 Å². The fourth-order valence-electron chi connectivity index (χ4n) is 2.37. The fraction of sp³-hybridized carbons (Fsp3) is 0.500. The van der Waals surface area contributed by atoms with Gasteiger partial charge >= 0.3 is 6.18 Å². The number of carbonyl (C=O) groups is 2. The van der Waals surface area contributed by atoms with E-state index in [1.807, 2.05) is 6.92 Å². The lowest BCUT2D eigenvalue weighted by Gasteiger charge is -2.28. The standard InChI is InChI=1S/C16H21ClF3N3O2.ClH/c1-4-7-15(2,21)14(25)23(3)9-13(24)22-10-5-6-12(17)11(8-10)16(18,19)20;/h5-6,8H,4,7,9,21H2,1-3H3,(H,22,24);1H. The fourth-order valence-corrected chi connectivity index (χ4v) is 2.59. The lowest BCUT2D eigenvalue weighted by Crippen LogP contribution is -2.53. The molecular formula is C16H22Cl2F3N3O2. The number of nitrogens with two attached hydrogens (primary N) is 1. The van der Waals surface area contributed by atoms with E-state index in [0.717, 1.165) is 17.0 Å². The first kappa shape index (κ1) is 24.5.